The maximum atomic E-state index is 5.23. The van der Waals surface area contributed by atoms with Gasteiger partial charge in [-0.3, -0.25) is 0 Å². The van der Waals surface area contributed by atoms with E-state index >= 15 is 0 Å². The Kier molecular flexibility index (Phi) is 5.90. The summed E-state index contributed by atoms with van der Waals surface area (Å²) in [6, 6.07) is 8.95. The Hall–Kier alpha value is -1.02. The molecule has 1 fully saturated rings. The van der Waals surface area contributed by atoms with Gasteiger partial charge >= 0.3 is 0 Å². The first kappa shape index (κ1) is 15.4. The topological polar surface area (TPSA) is 21.3 Å². The molecule has 0 bridgehead atoms. The Labute approximate surface area is 123 Å². The molecule has 0 amide bonds. The van der Waals surface area contributed by atoms with Crippen molar-refractivity contribution in [1.82, 2.24) is 5.32 Å². The zero-order valence-corrected chi connectivity index (χ0v) is 13.2. The molecule has 0 saturated heterocycles. The highest BCUT2D eigenvalue weighted by Crippen LogP contribution is 2.30. The van der Waals surface area contributed by atoms with Crippen LogP contribution < -0.4 is 10.1 Å². The Balaban J connectivity index is 1.90. The van der Waals surface area contributed by atoms with Crippen LogP contribution in [0.4, 0.5) is 0 Å². The summed E-state index contributed by atoms with van der Waals surface area (Å²) in [5.41, 5.74) is 1.37. The van der Waals surface area contributed by atoms with Gasteiger partial charge in [0.25, 0.3) is 0 Å². The summed E-state index contributed by atoms with van der Waals surface area (Å²) in [7, 11) is 1.72. The van der Waals surface area contributed by atoms with Crippen LogP contribution in [-0.4, -0.2) is 13.7 Å². The first-order valence-electron chi connectivity index (χ1n) is 8.12. The van der Waals surface area contributed by atoms with Gasteiger partial charge in [-0.15, -0.1) is 0 Å². The van der Waals surface area contributed by atoms with E-state index in [0.29, 0.717) is 6.04 Å². The minimum Gasteiger partial charge on any atom is -0.497 e. The van der Waals surface area contributed by atoms with E-state index in [1.54, 1.807) is 7.11 Å². The van der Waals surface area contributed by atoms with E-state index in [4.69, 9.17) is 4.74 Å². The molecule has 1 N–H and O–H groups in total. The molecule has 2 heteroatoms. The van der Waals surface area contributed by atoms with Gasteiger partial charge in [-0.05, 0) is 48.9 Å². The lowest BCUT2D eigenvalue weighted by Gasteiger charge is -2.30. The second kappa shape index (κ2) is 7.68. The highest BCUT2D eigenvalue weighted by Gasteiger charge is 2.22. The van der Waals surface area contributed by atoms with Crippen molar-refractivity contribution in [2.24, 2.45) is 11.8 Å². The summed E-state index contributed by atoms with van der Waals surface area (Å²) >= 11 is 0. The van der Waals surface area contributed by atoms with Crippen molar-refractivity contribution in [3.05, 3.63) is 29.8 Å². The molecule has 1 aromatic carbocycles. The SMILES string of the molecule is CCC(NCC1CCCCC1C)c1ccc(OC)cc1. The summed E-state index contributed by atoms with van der Waals surface area (Å²) in [4.78, 5) is 0. The highest BCUT2D eigenvalue weighted by molar-refractivity contribution is 5.29. The predicted molar refractivity (Wildman–Crippen MR) is 85.2 cm³/mol. The molecule has 0 spiro atoms. The Morgan fingerprint density at radius 3 is 2.50 bits per heavy atom. The Bertz CT molecular complexity index is 387. The summed E-state index contributed by atoms with van der Waals surface area (Å²) in [6.45, 7) is 5.83. The van der Waals surface area contributed by atoms with Gasteiger partial charge in [0, 0.05) is 6.04 Å². The Morgan fingerprint density at radius 2 is 1.90 bits per heavy atom. The van der Waals surface area contributed by atoms with Crippen LogP contribution in [0.25, 0.3) is 0 Å². The van der Waals surface area contributed by atoms with Crippen LogP contribution in [0.15, 0.2) is 24.3 Å². The minimum absolute atomic E-state index is 0.468. The molecule has 1 saturated carbocycles. The third kappa shape index (κ3) is 3.99. The molecule has 0 aromatic heterocycles. The number of methoxy groups -OCH3 is 1. The van der Waals surface area contributed by atoms with E-state index in [1.165, 1.54) is 31.2 Å². The molecule has 0 radical (unpaired) electrons. The highest BCUT2D eigenvalue weighted by atomic mass is 16.5. The van der Waals surface area contributed by atoms with Crippen LogP contribution in [0.3, 0.4) is 0 Å². The number of benzene rings is 1. The summed E-state index contributed by atoms with van der Waals surface area (Å²) in [5.74, 6) is 2.67. The first-order valence-corrected chi connectivity index (χ1v) is 8.12. The van der Waals surface area contributed by atoms with Crippen molar-refractivity contribution < 1.29 is 4.74 Å². The molecule has 2 rings (SSSR count). The minimum atomic E-state index is 0.468. The average molecular weight is 275 g/mol. The standard InChI is InChI=1S/C18H29NO/c1-4-18(15-9-11-17(20-3)12-10-15)19-13-16-8-6-5-7-14(16)2/h9-12,14,16,18-19H,4-8,13H2,1-3H3. The lowest BCUT2D eigenvalue weighted by molar-refractivity contribution is 0.240. The monoisotopic (exact) mass is 275 g/mol. The van der Waals surface area contributed by atoms with Gasteiger partial charge in [0.15, 0.2) is 0 Å². The average Bonchev–Trinajstić information content (AvgIpc) is 2.50. The van der Waals surface area contributed by atoms with Gasteiger partial charge in [0.2, 0.25) is 0 Å². The molecule has 1 aliphatic rings. The molecular formula is C18H29NO. The Morgan fingerprint density at radius 1 is 1.20 bits per heavy atom. The van der Waals surface area contributed by atoms with Crippen molar-refractivity contribution in [1.29, 1.82) is 0 Å². The van der Waals surface area contributed by atoms with Crippen LogP contribution in [0, 0.1) is 11.8 Å². The zero-order chi connectivity index (χ0) is 14.4. The molecule has 3 unspecified atom stereocenters. The fraction of sp³-hybridized carbons (Fsp3) is 0.667. The van der Waals surface area contributed by atoms with E-state index in [-0.39, 0.29) is 0 Å². The van der Waals surface area contributed by atoms with Crippen LogP contribution in [-0.2, 0) is 0 Å². The third-order valence-corrected chi connectivity index (χ3v) is 4.84. The second-order valence-electron chi connectivity index (χ2n) is 6.16. The number of ether oxygens (including phenoxy) is 1. The summed E-state index contributed by atoms with van der Waals surface area (Å²) in [5, 5.41) is 3.78. The third-order valence-electron chi connectivity index (χ3n) is 4.84. The fourth-order valence-electron chi connectivity index (χ4n) is 3.32. The molecule has 1 aliphatic carbocycles. The van der Waals surface area contributed by atoms with E-state index in [1.807, 2.05) is 0 Å². The van der Waals surface area contributed by atoms with Crippen molar-refractivity contribution in [3.63, 3.8) is 0 Å². The van der Waals surface area contributed by atoms with Crippen molar-refractivity contribution in [3.8, 4) is 5.75 Å². The number of rotatable bonds is 6. The van der Waals surface area contributed by atoms with Gasteiger partial charge in [-0.1, -0.05) is 45.2 Å². The quantitative estimate of drug-likeness (QED) is 0.821. The van der Waals surface area contributed by atoms with Crippen LogP contribution in [0.1, 0.15) is 57.6 Å². The van der Waals surface area contributed by atoms with E-state index in [9.17, 15) is 0 Å². The smallest absolute Gasteiger partial charge is 0.118 e. The lowest BCUT2D eigenvalue weighted by Crippen LogP contribution is -2.31. The van der Waals surface area contributed by atoms with Gasteiger partial charge in [-0.2, -0.15) is 0 Å². The van der Waals surface area contributed by atoms with Crippen molar-refractivity contribution in [2.45, 2.75) is 52.0 Å². The molecular weight excluding hydrogens is 246 g/mol. The molecule has 0 heterocycles. The second-order valence-corrected chi connectivity index (χ2v) is 6.16. The molecule has 112 valence electrons. The maximum absolute atomic E-state index is 5.23. The number of nitrogens with one attached hydrogen (secondary N) is 1. The summed E-state index contributed by atoms with van der Waals surface area (Å²) < 4.78 is 5.23. The zero-order valence-electron chi connectivity index (χ0n) is 13.2. The number of hydrogen-bond acceptors (Lipinski definition) is 2. The number of hydrogen-bond donors (Lipinski definition) is 1. The normalized spacial score (nSPS) is 24.4. The van der Waals surface area contributed by atoms with E-state index in [0.717, 1.165) is 30.6 Å². The molecule has 2 nitrogen and oxygen atoms in total. The molecule has 0 aliphatic heterocycles. The van der Waals surface area contributed by atoms with Crippen LogP contribution in [0.2, 0.25) is 0 Å². The van der Waals surface area contributed by atoms with E-state index < -0.39 is 0 Å². The molecule has 1 aromatic rings. The van der Waals surface area contributed by atoms with Gasteiger partial charge in [0.1, 0.15) is 5.75 Å². The van der Waals surface area contributed by atoms with Gasteiger partial charge in [0.05, 0.1) is 7.11 Å². The largest absolute Gasteiger partial charge is 0.497 e. The fourth-order valence-corrected chi connectivity index (χ4v) is 3.32. The molecule has 3 atom stereocenters. The predicted octanol–water partition coefficient (Wildman–Crippen LogP) is 4.56. The van der Waals surface area contributed by atoms with Crippen molar-refractivity contribution >= 4 is 0 Å². The van der Waals surface area contributed by atoms with Crippen LogP contribution >= 0.6 is 0 Å². The van der Waals surface area contributed by atoms with Crippen molar-refractivity contribution in [2.75, 3.05) is 13.7 Å². The van der Waals surface area contributed by atoms with Gasteiger partial charge < -0.3 is 10.1 Å². The van der Waals surface area contributed by atoms with Gasteiger partial charge in [-0.25, -0.2) is 0 Å². The first-order chi connectivity index (χ1) is 9.74. The summed E-state index contributed by atoms with van der Waals surface area (Å²) in [6.07, 6.45) is 6.77. The van der Waals surface area contributed by atoms with Crippen LogP contribution in [0.5, 0.6) is 5.75 Å². The maximum Gasteiger partial charge on any atom is 0.118 e. The molecule has 20 heavy (non-hydrogen) atoms. The lowest BCUT2D eigenvalue weighted by atomic mass is 9.80. The van der Waals surface area contributed by atoms with E-state index in [2.05, 4.69) is 43.4 Å².